The molecule has 0 aromatic heterocycles. The van der Waals surface area contributed by atoms with Gasteiger partial charge >= 0.3 is 0 Å². The summed E-state index contributed by atoms with van der Waals surface area (Å²) in [5.41, 5.74) is 0. The maximum absolute atomic E-state index is 8.59. The van der Waals surface area contributed by atoms with Gasteiger partial charge in [-0.05, 0) is 38.5 Å². The van der Waals surface area contributed by atoms with Gasteiger partial charge in [0.2, 0.25) is 0 Å². The summed E-state index contributed by atoms with van der Waals surface area (Å²) >= 11 is 0. The van der Waals surface area contributed by atoms with Crippen LogP contribution in [0.25, 0.3) is 0 Å². The first-order valence-corrected chi connectivity index (χ1v) is 9.52. The molecular weight excluding hydrogens is 328 g/mol. The molecule has 2 N–H and O–H groups in total. The molecule has 0 atom stereocenters. The third-order valence-electron chi connectivity index (χ3n) is 3.20. The molecule has 0 bridgehead atoms. The Hall–Kier alpha value is -0.280. The summed E-state index contributed by atoms with van der Waals surface area (Å²) in [6.45, 7) is 7.24. The maximum Gasteiger partial charge on any atom is 0.0488 e. The molecule has 7 nitrogen and oxygen atoms in total. The van der Waals surface area contributed by atoms with Gasteiger partial charge in [-0.25, -0.2) is 0 Å². The fourth-order valence-electron chi connectivity index (χ4n) is 1.90. The molecule has 0 aliphatic carbocycles. The van der Waals surface area contributed by atoms with E-state index < -0.39 is 0 Å². The first kappa shape index (κ1) is 24.7. The molecule has 7 heteroatoms. The molecule has 0 aliphatic heterocycles. The van der Waals surface area contributed by atoms with E-state index in [0.29, 0.717) is 78.9 Å². The second-order valence-corrected chi connectivity index (χ2v) is 5.63. The average Bonchev–Trinajstić information content (AvgIpc) is 2.63. The summed E-state index contributed by atoms with van der Waals surface area (Å²) < 4.78 is 27.1. The van der Waals surface area contributed by atoms with Crippen LogP contribution in [0.1, 0.15) is 38.5 Å². The number of ether oxygens (including phenoxy) is 5. The molecule has 0 spiro atoms. The highest BCUT2D eigenvalue weighted by Crippen LogP contribution is 1.93. The Morgan fingerprint density at radius 1 is 0.320 bits per heavy atom. The summed E-state index contributed by atoms with van der Waals surface area (Å²) in [7, 11) is 0. The highest BCUT2D eigenvalue weighted by molar-refractivity contribution is 4.41. The van der Waals surface area contributed by atoms with Gasteiger partial charge in [-0.2, -0.15) is 0 Å². The molecular formula is C18H38O7. The van der Waals surface area contributed by atoms with E-state index in [1.807, 2.05) is 0 Å². The Balaban J connectivity index is 2.94. The first-order valence-electron chi connectivity index (χ1n) is 9.52. The second-order valence-electron chi connectivity index (χ2n) is 5.63. The van der Waals surface area contributed by atoms with Gasteiger partial charge in [-0.1, -0.05) is 0 Å². The summed E-state index contributed by atoms with van der Waals surface area (Å²) in [5.74, 6) is 0. The van der Waals surface area contributed by atoms with Crippen molar-refractivity contribution in [1.29, 1.82) is 0 Å². The normalized spacial score (nSPS) is 11.3. The molecule has 0 saturated heterocycles. The van der Waals surface area contributed by atoms with Crippen LogP contribution in [-0.4, -0.2) is 89.5 Å². The van der Waals surface area contributed by atoms with E-state index >= 15 is 0 Å². The van der Waals surface area contributed by atoms with E-state index in [1.165, 1.54) is 0 Å². The summed E-state index contributed by atoms with van der Waals surface area (Å²) in [6, 6.07) is 0. The van der Waals surface area contributed by atoms with E-state index in [-0.39, 0.29) is 13.2 Å². The van der Waals surface area contributed by atoms with E-state index in [9.17, 15) is 0 Å². The minimum absolute atomic E-state index is 0.184. The molecule has 0 fully saturated rings. The van der Waals surface area contributed by atoms with Gasteiger partial charge in [0.05, 0.1) is 0 Å². The lowest BCUT2D eigenvalue weighted by Gasteiger charge is -2.07. The smallest absolute Gasteiger partial charge is 0.0488 e. The predicted molar refractivity (Wildman–Crippen MR) is 96.0 cm³/mol. The van der Waals surface area contributed by atoms with Crippen molar-refractivity contribution in [3.05, 3.63) is 0 Å². The van der Waals surface area contributed by atoms with Crippen LogP contribution in [0, 0.1) is 0 Å². The Bertz CT molecular complexity index is 207. The van der Waals surface area contributed by atoms with Crippen molar-refractivity contribution in [2.24, 2.45) is 0 Å². The third kappa shape index (κ3) is 23.7. The molecule has 0 rings (SSSR count). The molecule has 0 radical (unpaired) electrons. The van der Waals surface area contributed by atoms with Crippen LogP contribution in [0.5, 0.6) is 0 Å². The third-order valence-corrected chi connectivity index (χ3v) is 3.20. The molecule has 25 heavy (non-hydrogen) atoms. The number of hydrogen-bond acceptors (Lipinski definition) is 7. The van der Waals surface area contributed by atoms with Crippen LogP contribution in [0.4, 0.5) is 0 Å². The zero-order valence-electron chi connectivity index (χ0n) is 15.7. The van der Waals surface area contributed by atoms with Gasteiger partial charge in [0, 0.05) is 79.3 Å². The van der Waals surface area contributed by atoms with Crippen molar-refractivity contribution in [3.8, 4) is 0 Å². The largest absolute Gasteiger partial charge is 0.396 e. The van der Waals surface area contributed by atoms with Gasteiger partial charge < -0.3 is 33.9 Å². The number of rotatable bonds is 22. The molecule has 0 unspecified atom stereocenters. The van der Waals surface area contributed by atoms with Crippen LogP contribution >= 0.6 is 0 Å². The highest BCUT2D eigenvalue weighted by Gasteiger charge is 1.94. The summed E-state index contributed by atoms with van der Waals surface area (Å²) in [5, 5.41) is 17.2. The topological polar surface area (TPSA) is 86.6 Å². The fraction of sp³-hybridized carbons (Fsp3) is 1.00. The minimum atomic E-state index is 0.184. The van der Waals surface area contributed by atoms with Crippen molar-refractivity contribution < 1.29 is 33.9 Å². The van der Waals surface area contributed by atoms with Crippen molar-refractivity contribution in [1.82, 2.24) is 0 Å². The lowest BCUT2D eigenvalue weighted by Crippen LogP contribution is -2.07. The Morgan fingerprint density at radius 2 is 0.520 bits per heavy atom. The lowest BCUT2D eigenvalue weighted by molar-refractivity contribution is 0.0473. The highest BCUT2D eigenvalue weighted by atomic mass is 16.5. The zero-order valence-corrected chi connectivity index (χ0v) is 15.7. The van der Waals surface area contributed by atoms with Crippen LogP contribution in [0.15, 0.2) is 0 Å². The van der Waals surface area contributed by atoms with Gasteiger partial charge in [0.1, 0.15) is 0 Å². The molecule has 0 amide bonds. The summed E-state index contributed by atoms with van der Waals surface area (Å²) in [4.78, 5) is 0. The van der Waals surface area contributed by atoms with Gasteiger partial charge in [-0.15, -0.1) is 0 Å². The molecule has 0 aromatic carbocycles. The Labute approximate surface area is 152 Å². The van der Waals surface area contributed by atoms with Gasteiger partial charge in [-0.3, -0.25) is 0 Å². The second kappa shape index (κ2) is 23.7. The molecule has 0 aliphatic rings. The molecule has 152 valence electrons. The molecule has 0 heterocycles. The summed E-state index contributed by atoms with van der Waals surface area (Å²) in [6.07, 6.45) is 4.97. The Morgan fingerprint density at radius 3 is 0.720 bits per heavy atom. The van der Waals surface area contributed by atoms with Crippen LogP contribution in [0.3, 0.4) is 0 Å². The monoisotopic (exact) mass is 366 g/mol. The predicted octanol–water partition coefficient (Wildman–Crippen LogP) is 1.39. The van der Waals surface area contributed by atoms with Crippen LogP contribution in [0.2, 0.25) is 0 Å². The molecule has 0 saturated carbocycles. The number of aliphatic hydroxyl groups is 2. The average molecular weight is 366 g/mol. The quantitative estimate of drug-likeness (QED) is 0.280. The van der Waals surface area contributed by atoms with E-state index in [4.69, 9.17) is 33.9 Å². The van der Waals surface area contributed by atoms with Crippen LogP contribution < -0.4 is 0 Å². The van der Waals surface area contributed by atoms with E-state index in [1.54, 1.807) is 0 Å². The maximum atomic E-state index is 8.59. The molecule has 0 aromatic rings. The lowest BCUT2D eigenvalue weighted by atomic mass is 10.4. The fourth-order valence-corrected chi connectivity index (χ4v) is 1.90. The van der Waals surface area contributed by atoms with Crippen molar-refractivity contribution in [3.63, 3.8) is 0 Å². The first-order chi connectivity index (χ1) is 12.4. The van der Waals surface area contributed by atoms with Crippen molar-refractivity contribution in [2.75, 3.05) is 79.3 Å². The standard InChI is InChI=1S/C18H38O7/c19-7-1-9-21-11-3-13-23-15-5-17-25-18-6-16-24-14-4-12-22-10-2-8-20/h19-20H,1-18H2. The van der Waals surface area contributed by atoms with Crippen molar-refractivity contribution in [2.45, 2.75) is 38.5 Å². The number of aliphatic hydroxyl groups excluding tert-OH is 2. The van der Waals surface area contributed by atoms with Crippen molar-refractivity contribution >= 4 is 0 Å². The van der Waals surface area contributed by atoms with E-state index in [0.717, 1.165) is 25.7 Å². The van der Waals surface area contributed by atoms with Gasteiger partial charge in [0.15, 0.2) is 0 Å². The van der Waals surface area contributed by atoms with Crippen LogP contribution in [-0.2, 0) is 23.7 Å². The zero-order chi connectivity index (χ0) is 18.3. The number of hydrogen-bond donors (Lipinski definition) is 2. The SMILES string of the molecule is OCCCOCCCOCCCOCCCOCCCOCCCO. The van der Waals surface area contributed by atoms with Gasteiger partial charge in [0.25, 0.3) is 0 Å². The van der Waals surface area contributed by atoms with E-state index in [2.05, 4.69) is 0 Å². The Kier molecular flexibility index (Phi) is 23.5. The minimum Gasteiger partial charge on any atom is -0.396 e.